The van der Waals surface area contributed by atoms with Gasteiger partial charge in [-0.2, -0.15) is 0 Å². The SMILES string of the molecule is CC(C)C[C@@H](C(=O)O)c1ccc([C@@H](c2ccc(F)cc2)N2CCCCC2)c(-c2cc(F)c(F)c(F)c2)c1. The fourth-order valence-electron chi connectivity index (χ4n) is 5.25. The number of nitrogens with zero attached hydrogens (tertiary/aromatic N) is 1. The first-order valence-electron chi connectivity index (χ1n) is 12.7. The number of hydrogen-bond acceptors (Lipinski definition) is 2. The van der Waals surface area contributed by atoms with E-state index in [1.807, 2.05) is 13.8 Å². The van der Waals surface area contributed by atoms with Gasteiger partial charge in [-0.3, -0.25) is 9.69 Å². The van der Waals surface area contributed by atoms with Crippen molar-refractivity contribution < 1.29 is 27.5 Å². The standard InChI is InChI=1S/C30H31F4NO2/c1-18(2)14-25(30(36)37)20-8-11-23(24(15-20)21-16-26(32)28(34)27(33)17-21)29(35-12-4-3-5-13-35)19-6-9-22(31)10-7-19/h6-11,15-18,25,29H,3-5,12-14H2,1-2H3,(H,36,37)/t25-,29-/m1/s1. The van der Waals surface area contributed by atoms with Crippen LogP contribution in [0.15, 0.2) is 54.6 Å². The Labute approximate surface area is 214 Å². The first-order valence-corrected chi connectivity index (χ1v) is 12.7. The Kier molecular flexibility index (Phi) is 8.32. The molecule has 0 amide bonds. The number of aliphatic carboxylic acids is 1. The van der Waals surface area contributed by atoms with Crippen molar-refractivity contribution in [1.82, 2.24) is 4.90 Å². The Morgan fingerprint density at radius 2 is 1.46 bits per heavy atom. The highest BCUT2D eigenvalue weighted by Crippen LogP contribution is 2.40. The minimum Gasteiger partial charge on any atom is -0.481 e. The maximum Gasteiger partial charge on any atom is 0.310 e. The quantitative estimate of drug-likeness (QED) is 0.248. The van der Waals surface area contributed by atoms with E-state index in [1.165, 1.54) is 12.1 Å². The van der Waals surface area contributed by atoms with E-state index in [1.54, 1.807) is 30.3 Å². The highest BCUT2D eigenvalue weighted by molar-refractivity contribution is 5.78. The number of piperidine rings is 1. The molecular weight excluding hydrogens is 482 g/mol. The second-order valence-electron chi connectivity index (χ2n) is 10.2. The van der Waals surface area contributed by atoms with Crippen LogP contribution in [0.25, 0.3) is 11.1 Å². The summed E-state index contributed by atoms with van der Waals surface area (Å²) in [5.41, 5.74) is 2.53. The molecule has 1 heterocycles. The minimum absolute atomic E-state index is 0.102. The Morgan fingerprint density at radius 3 is 2.03 bits per heavy atom. The van der Waals surface area contributed by atoms with Gasteiger partial charge in [0.25, 0.3) is 0 Å². The molecular formula is C30H31F4NO2. The molecule has 0 bridgehead atoms. The molecule has 0 unspecified atom stereocenters. The van der Waals surface area contributed by atoms with Crippen LogP contribution in [0, 0.1) is 29.2 Å². The van der Waals surface area contributed by atoms with Gasteiger partial charge in [0.15, 0.2) is 17.5 Å². The number of rotatable bonds is 8. The molecule has 1 saturated heterocycles. The maximum atomic E-state index is 14.4. The fraction of sp³-hybridized carbons (Fsp3) is 0.367. The molecule has 0 saturated carbocycles. The molecule has 7 heteroatoms. The van der Waals surface area contributed by atoms with Crippen LogP contribution in [0.1, 0.15) is 68.2 Å². The van der Waals surface area contributed by atoms with Gasteiger partial charge in [0, 0.05) is 0 Å². The van der Waals surface area contributed by atoms with Crippen molar-refractivity contribution in [3.05, 3.63) is 94.6 Å². The molecule has 0 aliphatic carbocycles. The number of carboxylic acids is 1. The summed E-state index contributed by atoms with van der Waals surface area (Å²) in [4.78, 5) is 14.4. The van der Waals surface area contributed by atoms with Crippen molar-refractivity contribution >= 4 is 5.97 Å². The third-order valence-corrected chi connectivity index (χ3v) is 7.02. The van der Waals surface area contributed by atoms with Crippen molar-refractivity contribution in [2.45, 2.75) is 51.5 Å². The van der Waals surface area contributed by atoms with E-state index in [0.717, 1.165) is 50.0 Å². The number of likely N-dealkylation sites (tertiary alicyclic amines) is 1. The summed E-state index contributed by atoms with van der Waals surface area (Å²) in [5.74, 6) is -6.28. The molecule has 1 fully saturated rings. The van der Waals surface area contributed by atoms with Gasteiger partial charge in [0.2, 0.25) is 0 Å². The smallest absolute Gasteiger partial charge is 0.310 e. The molecule has 3 aromatic rings. The van der Waals surface area contributed by atoms with Crippen molar-refractivity contribution in [2.75, 3.05) is 13.1 Å². The molecule has 1 aliphatic rings. The van der Waals surface area contributed by atoms with Gasteiger partial charge in [-0.25, -0.2) is 17.6 Å². The van der Waals surface area contributed by atoms with Crippen LogP contribution in [0.2, 0.25) is 0 Å². The lowest BCUT2D eigenvalue weighted by atomic mass is 9.84. The third-order valence-electron chi connectivity index (χ3n) is 7.02. The number of halogens is 4. The summed E-state index contributed by atoms with van der Waals surface area (Å²) in [6.45, 7) is 5.41. The molecule has 3 nitrogen and oxygen atoms in total. The lowest BCUT2D eigenvalue weighted by molar-refractivity contribution is -0.139. The van der Waals surface area contributed by atoms with Gasteiger partial charge in [-0.15, -0.1) is 0 Å². The van der Waals surface area contributed by atoms with Crippen LogP contribution in [0.3, 0.4) is 0 Å². The average molecular weight is 514 g/mol. The van der Waals surface area contributed by atoms with E-state index in [-0.39, 0.29) is 23.3 Å². The molecule has 4 rings (SSSR count). The van der Waals surface area contributed by atoms with E-state index in [4.69, 9.17) is 0 Å². The highest BCUT2D eigenvalue weighted by Gasteiger charge is 2.29. The first kappa shape index (κ1) is 26.9. The highest BCUT2D eigenvalue weighted by atomic mass is 19.2. The normalized spacial score (nSPS) is 16.1. The van der Waals surface area contributed by atoms with Crippen LogP contribution in [-0.4, -0.2) is 29.1 Å². The second kappa shape index (κ2) is 11.5. The number of benzene rings is 3. The number of carboxylic acid groups (broad SMARTS) is 1. The van der Waals surface area contributed by atoms with Gasteiger partial charge < -0.3 is 5.11 Å². The van der Waals surface area contributed by atoms with E-state index in [0.29, 0.717) is 23.1 Å². The summed E-state index contributed by atoms with van der Waals surface area (Å²) in [6.07, 6.45) is 3.41. The zero-order valence-electron chi connectivity index (χ0n) is 21.0. The largest absolute Gasteiger partial charge is 0.481 e. The van der Waals surface area contributed by atoms with E-state index in [2.05, 4.69) is 4.90 Å². The van der Waals surface area contributed by atoms with E-state index in [9.17, 15) is 27.5 Å². The van der Waals surface area contributed by atoms with Crippen molar-refractivity contribution in [2.24, 2.45) is 5.92 Å². The molecule has 0 radical (unpaired) electrons. The summed E-state index contributed by atoms with van der Waals surface area (Å²) >= 11 is 0. The van der Waals surface area contributed by atoms with Crippen molar-refractivity contribution in [3.63, 3.8) is 0 Å². The third kappa shape index (κ3) is 6.04. The Bertz CT molecular complexity index is 1230. The van der Waals surface area contributed by atoms with Crippen LogP contribution in [0.4, 0.5) is 17.6 Å². The monoisotopic (exact) mass is 513 g/mol. The van der Waals surface area contributed by atoms with Gasteiger partial charge in [0.05, 0.1) is 12.0 Å². The van der Waals surface area contributed by atoms with Crippen LogP contribution in [-0.2, 0) is 4.79 Å². The number of hydrogen-bond donors (Lipinski definition) is 1. The molecule has 37 heavy (non-hydrogen) atoms. The van der Waals surface area contributed by atoms with E-state index < -0.39 is 29.3 Å². The van der Waals surface area contributed by atoms with Crippen LogP contribution < -0.4 is 0 Å². The van der Waals surface area contributed by atoms with Crippen molar-refractivity contribution in [3.8, 4) is 11.1 Å². The Hall–Kier alpha value is -3.19. The first-order chi connectivity index (χ1) is 17.7. The molecule has 2 atom stereocenters. The summed E-state index contributed by atoms with van der Waals surface area (Å²) < 4.78 is 56.4. The lowest BCUT2D eigenvalue weighted by Gasteiger charge is -2.36. The van der Waals surface area contributed by atoms with Crippen LogP contribution >= 0.6 is 0 Å². The predicted molar refractivity (Wildman–Crippen MR) is 135 cm³/mol. The second-order valence-corrected chi connectivity index (χ2v) is 10.2. The summed E-state index contributed by atoms with van der Waals surface area (Å²) in [7, 11) is 0. The molecule has 3 aromatic carbocycles. The van der Waals surface area contributed by atoms with Gasteiger partial charge in [0.1, 0.15) is 5.82 Å². The molecule has 1 aliphatic heterocycles. The van der Waals surface area contributed by atoms with Gasteiger partial charge >= 0.3 is 5.97 Å². The molecule has 1 N–H and O–H groups in total. The summed E-state index contributed by atoms with van der Waals surface area (Å²) in [6, 6.07) is 12.8. The van der Waals surface area contributed by atoms with Crippen LogP contribution in [0.5, 0.6) is 0 Å². The minimum atomic E-state index is -1.56. The predicted octanol–water partition coefficient (Wildman–Crippen LogP) is 7.70. The lowest BCUT2D eigenvalue weighted by Crippen LogP contribution is -2.34. The fourth-order valence-corrected chi connectivity index (χ4v) is 5.25. The molecule has 0 aromatic heterocycles. The van der Waals surface area contributed by atoms with E-state index >= 15 is 0 Å². The number of carbonyl (C=O) groups is 1. The zero-order chi connectivity index (χ0) is 26.7. The Morgan fingerprint density at radius 1 is 0.865 bits per heavy atom. The Balaban J connectivity index is 1.95. The van der Waals surface area contributed by atoms with Gasteiger partial charge in [-0.1, -0.05) is 44.5 Å². The molecule has 196 valence electrons. The topological polar surface area (TPSA) is 40.5 Å². The molecule has 0 spiro atoms. The average Bonchev–Trinajstić information content (AvgIpc) is 2.87. The zero-order valence-corrected chi connectivity index (χ0v) is 21.0. The van der Waals surface area contributed by atoms with Crippen molar-refractivity contribution in [1.29, 1.82) is 0 Å². The maximum absolute atomic E-state index is 14.4. The van der Waals surface area contributed by atoms with Gasteiger partial charge in [-0.05, 0) is 96.4 Å². The summed E-state index contributed by atoms with van der Waals surface area (Å²) in [5, 5.41) is 9.93.